The van der Waals surface area contributed by atoms with Crippen molar-refractivity contribution in [3.8, 4) is 44.8 Å². The Hall–Kier alpha value is -6.64. The van der Waals surface area contributed by atoms with Crippen LogP contribution < -0.4 is 0 Å². The number of fused-ring (bicyclic) bond motifs is 7. The Bertz CT molecular complexity index is 2780. The SMILES string of the molecule is c1ccc(-c2cccc(-n3c4ccccc4c4c3ccc3c5ccccc5n(-c5c(-c6ccccc6)cccc5-c5ccccc5)c34)c2)cc1. The highest BCUT2D eigenvalue weighted by Crippen LogP contribution is 2.45. The summed E-state index contributed by atoms with van der Waals surface area (Å²) >= 11 is 0. The van der Waals surface area contributed by atoms with Gasteiger partial charge in [-0.1, -0.05) is 164 Å². The molecule has 10 rings (SSSR count). The maximum Gasteiger partial charge on any atom is 0.0641 e. The van der Waals surface area contributed by atoms with Crippen LogP contribution in [0.25, 0.3) is 88.4 Å². The summed E-state index contributed by atoms with van der Waals surface area (Å²) in [6, 6.07) is 70.4. The average molecular weight is 637 g/mol. The van der Waals surface area contributed by atoms with E-state index in [0.717, 1.165) is 5.69 Å². The van der Waals surface area contributed by atoms with Crippen molar-refractivity contribution in [3.63, 3.8) is 0 Å². The highest BCUT2D eigenvalue weighted by molar-refractivity contribution is 6.26. The maximum atomic E-state index is 2.55. The molecule has 2 heteroatoms. The topological polar surface area (TPSA) is 9.86 Å². The molecule has 0 aliphatic carbocycles. The van der Waals surface area contributed by atoms with Gasteiger partial charge in [-0.3, -0.25) is 0 Å². The Labute approximate surface area is 290 Å². The molecule has 0 aliphatic rings. The lowest BCUT2D eigenvalue weighted by atomic mass is 9.95. The van der Waals surface area contributed by atoms with Crippen molar-refractivity contribution in [3.05, 3.63) is 194 Å². The van der Waals surface area contributed by atoms with Gasteiger partial charge in [-0.15, -0.1) is 0 Å². The minimum absolute atomic E-state index is 1.15. The predicted octanol–water partition coefficient (Wildman–Crippen LogP) is 12.9. The Kier molecular flexibility index (Phi) is 6.53. The quantitative estimate of drug-likeness (QED) is 0.178. The number of para-hydroxylation sites is 3. The Morgan fingerprint density at radius 2 is 0.820 bits per heavy atom. The normalized spacial score (nSPS) is 11.6. The Balaban J connectivity index is 1.38. The molecule has 0 N–H and O–H groups in total. The lowest BCUT2D eigenvalue weighted by Crippen LogP contribution is -2.01. The fraction of sp³-hybridized carbons (Fsp3) is 0. The number of hydrogen-bond acceptors (Lipinski definition) is 0. The van der Waals surface area contributed by atoms with Crippen LogP contribution in [-0.4, -0.2) is 9.13 Å². The van der Waals surface area contributed by atoms with E-state index in [1.54, 1.807) is 0 Å². The van der Waals surface area contributed by atoms with Gasteiger partial charge in [0.1, 0.15) is 0 Å². The molecule has 0 radical (unpaired) electrons. The summed E-state index contributed by atoms with van der Waals surface area (Å²) in [7, 11) is 0. The summed E-state index contributed by atoms with van der Waals surface area (Å²) in [4.78, 5) is 0. The summed E-state index contributed by atoms with van der Waals surface area (Å²) in [6.07, 6.45) is 0. The molecule has 234 valence electrons. The van der Waals surface area contributed by atoms with Gasteiger partial charge in [-0.25, -0.2) is 0 Å². The fourth-order valence-corrected chi connectivity index (χ4v) is 7.96. The smallest absolute Gasteiger partial charge is 0.0641 e. The first-order chi connectivity index (χ1) is 24.8. The fourth-order valence-electron chi connectivity index (χ4n) is 7.96. The van der Waals surface area contributed by atoms with Crippen LogP contribution in [0.2, 0.25) is 0 Å². The molecule has 0 saturated carbocycles. The van der Waals surface area contributed by atoms with Gasteiger partial charge in [0, 0.05) is 38.4 Å². The van der Waals surface area contributed by atoms with Crippen LogP contribution in [0.1, 0.15) is 0 Å². The van der Waals surface area contributed by atoms with Crippen molar-refractivity contribution in [2.75, 3.05) is 0 Å². The number of nitrogens with zero attached hydrogens (tertiary/aromatic N) is 2. The lowest BCUT2D eigenvalue weighted by Gasteiger charge is -2.19. The van der Waals surface area contributed by atoms with E-state index in [9.17, 15) is 0 Å². The molecule has 0 bridgehead atoms. The van der Waals surface area contributed by atoms with Gasteiger partial charge in [0.05, 0.1) is 27.8 Å². The van der Waals surface area contributed by atoms with Crippen LogP contribution in [0.15, 0.2) is 194 Å². The minimum atomic E-state index is 1.15. The molecule has 0 atom stereocenters. The zero-order valence-corrected chi connectivity index (χ0v) is 27.4. The molecule has 0 amide bonds. The van der Waals surface area contributed by atoms with E-state index >= 15 is 0 Å². The van der Waals surface area contributed by atoms with E-state index in [1.165, 1.54) is 82.7 Å². The summed E-state index contributed by atoms with van der Waals surface area (Å²) in [5.74, 6) is 0. The van der Waals surface area contributed by atoms with Crippen molar-refractivity contribution in [2.45, 2.75) is 0 Å². The summed E-state index contributed by atoms with van der Waals surface area (Å²) in [6.45, 7) is 0. The van der Waals surface area contributed by atoms with E-state index in [-0.39, 0.29) is 0 Å². The number of aromatic nitrogens is 2. The highest BCUT2D eigenvalue weighted by atomic mass is 15.0. The first kappa shape index (κ1) is 28.4. The van der Waals surface area contributed by atoms with Crippen molar-refractivity contribution in [1.82, 2.24) is 9.13 Å². The van der Waals surface area contributed by atoms with E-state index in [1.807, 2.05) is 0 Å². The molecule has 50 heavy (non-hydrogen) atoms. The summed E-state index contributed by atoms with van der Waals surface area (Å²) in [5, 5.41) is 4.98. The van der Waals surface area contributed by atoms with E-state index in [4.69, 9.17) is 0 Å². The van der Waals surface area contributed by atoms with Gasteiger partial charge < -0.3 is 9.13 Å². The molecule has 0 spiro atoms. The zero-order valence-electron chi connectivity index (χ0n) is 27.4. The van der Waals surface area contributed by atoms with Gasteiger partial charge >= 0.3 is 0 Å². The van der Waals surface area contributed by atoms with Gasteiger partial charge in [-0.2, -0.15) is 0 Å². The monoisotopic (exact) mass is 636 g/mol. The average Bonchev–Trinajstić information content (AvgIpc) is 3.71. The third-order valence-electron chi connectivity index (χ3n) is 10.1. The summed E-state index contributed by atoms with van der Waals surface area (Å²) < 4.78 is 4.99. The van der Waals surface area contributed by atoms with Gasteiger partial charge in [0.25, 0.3) is 0 Å². The van der Waals surface area contributed by atoms with Gasteiger partial charge in [0.15, 0.2) is 0 Å². The lowest BCUT2D eigenvalue weighted by molar-refractivity contribution is 1.17. The molecule has 10 aromatic rings. The van der Waals surface area contributed by atoms with E-state index < -0.39 is 0 Å². The van der Waals surface area contributed by atoms with Crippen molar-refractivity contribution < 1.29 is 0 Å². The standard InChI is InChI=1S/C48H32N2/c1-4-16-33(17-5-1)36-22-14-23-37(32-36)49-44-29-13-11-25-42(44)46-45(49)31-30-41-40-24-10-12-28-43(40)50(48(41)46)47-38(34-18-6-2-7-19-34)26-15-27-39(47)35-20-8-3-9-21-35/h1-32H. The predicted molar refractivity (Wildman–Crippen MR) is 211 cm³/mol. The molecule has 0 fully saturated rings. The number of rotatable bonds is 5. The van der Waals surface area contributed by atoms with E-state index in [2.05, 4.69) is 203 Å². The van der Waals surface area contributed by atoms with Crippen LogP contribution in [0.4, 0.5) is 0 Å². The van der Waals surface area contributed by atoms with Gasteiger partial charge in [0.2, 0.25) is 0 Å². The second-order valence-corrected chi connectivity index (χ2v) is 12.9. The van der Waals surface area contributed by atoms with Crippen LogP contribution in [-0.2, 0) is 0 Å². The molecule has 8 aromatic carbocycles. The van der Waals surface area contributed by atoms with Crippen LogP contribution in [0.5, 0.6) is 0 Å². The zero-order chi connectivity index (χ0) is 33.0. The molecule has 2 heterocycles. The largest absolute Gasteiger partial charge is 0.309 e. The Morgan fingerprint density at radius 1 is 0.300 bits per heavy atom. The van der Waals surface area contributed by atoms with Crippen molar-refractivity contribution >= 4 is 43.6 Å². The number of hydrogen-bond donors (Lipinski definition) is 0. The first-order valence-electron chi connectivity index (χ1n) is 17.2. The molecular formula is C48H32N2. The van der Waals surface area contributed by atoms with Crippen LogP contribution >= 0.6 is 0 Å². The first-order valence-corrected chi connectivity index (χ1v) is 17.2. The van der Waals surface area contributed by atoms with Crippen molar-refractivity contribution in [2.24, 2.45) is 0 Å². The molecule has 0 saturated heterocycles. The molecular weight excluding hydrogens is 605 g/mol. The van der Waals surface area contributed by atoms with E-state index in [0.29, 0.717) is 0 Å². The summed E-state index contributed by atoms with van der Waals surface area (Å²) in [5.41, 5.74) is 14.3. The third kappa shape index (κ3) is 4.36. The molecule has 2 aromatic heterocycles. The maximum absolute atomic E-state index is 2.55. The number of benzene rings is 8. The van der Waals surface area contributed by atoms with Crippen molar-refractivity contribution in [1.29, 1.82) is 0 Å². The van der Waals surface area contributed by atoms with Crippen LogP contribution in [0.3, 0.4) is 0 Å². The van der Waals surface area contributed by atoms with Crippen LogP contribution in [0, 0.1) is 0 Å². The molecule has 2 nitrogen and oxygen atoms in total. The third-order valence-corrected chi connectivity index (χ3v) is 10.1. The van der Waals surface area contributed by atoms with Gasteiger partial charge in [-0.05, 0) is 52.6 Å². The minimum Gasteiger partial charge on any atom is -0.309 e. The Morgan fingerprint density at radius 3 is 1.48 bits per heavy atom. The highest BCUT2D eigenvalue weighted by Gasteiger charge is 2.24. The second kappa shape index (κ2) is 11.5. The molecule has 0 aliphatic heterocycles. The second-order valence-electron chi connectivity index (χ2n) is 12.9. The molecule has 0 unspecified atom stereocenters.